The van der Waals surface area contributed by atoms with Crippen molar-refractivity contribution in [3.63, 3.8) is 0 Å². The van der Waals surface area contributed by atoms with Gasteiger partial charge in [0.05, 0.1) is 6.04 Å². The molecule has 0 fully saturated rings. The molecule has 2 aromatic carbocycles. The summed E-state index contributed by atoms with van der Waals surface area (Å²) in [7, 11) is 0. The van der Waals surface area contributed by atoms with Gasteiger partial charge in [0.15, 0.2) is 5.78 Å². The Balaban J connectivity index is 2.36. The summed E-state index contributed by atoms with van der Waals surface area (Å²) in [6, 6.07) is 16.9. The third kappa shape index (κ3) is 3.32. The lowest BCUT2D eigenvalue weighted by atomic mass is 9.97. The zero-order chi connectivity index (χ0) is 14.5. The average molecular weight is 267 g/mol. The largest absolute Gasteiger partial charge is 0.345 e. The van der Waals surface area contributed by atoms with E-state index in [0.717, 1.165) is 11.1 Å². The highest BCUT2D eigenvalue weighted by Gasteiger charge is 2.15. The van der Waals surface area contributed by atoms with Crippen molar-refractivity contribution in [2.24, 2.45) is 0 Å². The molecule has 2 aromatic rings. The van der Waals surface area contributed by atoms with Crippen LogP contribution in [0.15, 0.2) is 54.6 Å². The number of benzene rings is 2. The Labute approximate surface area is 118 Å². The predicted octanol–water partition coefficient (Wildman–Crippen LogP) is 3.11. The van der Waals surface area contributed by atoms with Gasteiger partial charge in [-0.1, -0.05) is 54.6 Å². The van der Waals surface area contributed by atoms with Crippen molar-refractivity contribution in [2.75, 3.05) is 0 Å². The lowest BCUT2D eigenvalue weighted by Crippen LogP contribution is -2.26. The molecular formula is C17H17NO2. The zero-order valence-corrected chi connectivity index (χ0v) is 11.6. The third-order valence-electron chi connectivity index (χ3n) is 3.13. The summed E-state index contributed by atoms with van der Waals surface area (Å²) in [5, 5.41) is 2.94. The third-order valence-corrected chi connectivity index (χ3v) is 3.13. The molecule has 0 aliphatic heterocycles. The fraction of sp³-hybridized carbons (Fsp3) is 0.176. The summed E-state index contributed by atoms with van der Waals surface area (Å²) >= 11 is 0. The molecule has 0 saturated heterocycles. The van der Waals surface area contributed by atoms with Gasteiger partial charge in [0.2, 0.25) is 5.91 Å². The van der Waals surface area contributed by atoms with Gasteiger partial charge in [-0.25, -0.2) is 0 Å². The molecule has 20 heavy (non-hydrogen) atoms. The van der Waals surface area contributed by atoms with Crippen molar-refractivity contribution in [1.29, 1.82) is 0 Å². The molecule has 0 radical (unpaired) electrons. The molecule has 3 nitrogen and oxygen atoms in total. The van der Waals surface area contributed by atoms with E-state index >= 15 is 0 Å². The maximum absolute atomic E-state index is 11.4. The number of rotatable bonds is 4. The molecule has 0 aliphatic carbocycles. The number of carbonyl (C=O) groups excluding carboxylic acids is 2. The van der Waals surface area contributed by atoms with Gasteiger partial charge in [-0.15, -0.1) is 0 Å². The van der Waals surface area contributed by atoms with E-state index in [1.807, 2.05) is 42.5 Å². The molecule has 0 spiro atoms. The van der Waals surface area contributed by atoms with Crippen molar-refractivity contribution in [3.8, 4) is 0 Å². The van der Waals surface area contributed by atoms with Gasteiger partial charge < -0.3 is 5.32 Å². The molecule has 0 aliphatic rings. The minimum atomic E-state index is -0.199. The van der Waals surface area contributed by atoms with Crippen LogP contribution < -0.4 is 5.32 Å². The van der Waals surface area contributed by atoms with E-state index in [9.17, 15) is 9.59 Å². The van der Waals surface area contributed by atoms with Crippen LogP contribution >= 0.6 is 0 Å². The summed E-state index contributed by atoms with van der Waals surface area (Å²) < 4.78 is 0. The van der Waals surface area contributed by atoms with Crippen LogP contribution in [-0.4, -0.2) is 11.7 Å². The Kier molecular flexibility index (Phi) is 4.31. The van der Waals surface area contributed by atoms with Crippen LogP contribution in [0.3, 0.4) is 0 Å². The molecule has 1 amide bonds. The van der Waals surface area contributed by atoms with Gasteiger partial charge in [0.25, 0.3) is 0 Å². The van der Waals surface area contributed by atoms with Crippen LogP contribution in [0.25, 0.3) is 0 Å². The van der Waals surface area contributed by atoms with Crippen LogP contribution in [0.5, 0.6) is 0 Å². The summed E-state index contributed by atoms with van der Waals surface area (Å²) in [5.41, 5.74) is 2.64. The first-order chi connectivity index (χ1) is 9.58. The minimum Gasteiger partial charge on any atom is -0.345 e. The monoisotopic (exact) mass is 267 g/mol. The van der Waals surface area contributed by atoms with E-state index in [-0.39, 0.29) is 17.7 Å². The smallest absolute Gasteiger partial charge is 0.217 e. The zero-order valence-electron chi connectivity index (χ0n) is 11.6. The van der Waals surface area contributed by atoms with Gasteiger partial charge >= 0.3 is 0 Å². The number of amides is 1. The molecule has 1 atom stereocenters. The molecule has 0 bridgehead atoms. The first-order valence-electron chi connectivity index (χ1n) is 6.51. The van der Waals surface area contributed by atoms with Crippen LogP contribution in [0.1, 0.15) is 41.4 Å². The number of carbonyl (C=O) groups is 2. The second-order valence-corrected chi connectivity index (χ2v) is 4.72. The maximum Gasteiger partial charge on any atom is 0.217 e. The standard InChI is InChI=1S/C17H17NO2/c1-12(19)14-8-10-16(11-9-14)17(18-13(2)20)15-6-4-3-5-7-15/h3-11,17H,1-2H3,(H,18,20). The molecule has 0 heterocycles. The Hall–Kier alpha value is -2.42. The fourth-order valence-electron chi connectivity index (χ4n) is 2.12. The summed E-state index contributed by atoms with van der Waals surface area (Å²) in [6.45, 7) is 3.04. The predicted molar refractivity (Wildman–Crippen MR) is 78.5 cm³/mol. The number of hydrogen-bond donors (Lipinski definition) is 1. The molecule has 1 unspecified atom stereocenters. The van der Waals surface area contributed by atoms with Crippen LogP contribution in [0.2, 0.25) is 0 Å². The van der Waals surface area contributed by atoms with Gasteiger partial charge in [-0.05, 0) is 18.1 Å². The minimum absolute atomic E-state index is 0.0346. The van der Waals surface area contributed by atoms with Gasteiger partial charge in [0.1, 0.15) is 0 Å². The Morgan fingerprint density at radius 2 is 1.40 bits per heavy atom. The van der Waals surface area contributed by atoms with Crippen LogP contribution in [0, 0.1) is 0 Å². The van der Waals surface area contributed by atoms with Crippen molar-refractivity contribution in [1.82, 2.24) is 5.32 Å². The molecule has 3 heteroatoms. The fourth-order valence-corrected chi connectivity index (χ4v) is 2.12. The summed E-state index contributed by atoms with van der Waals surface area (Å²) in [6.07, 6.45) is 0. The first kappa shape index (κ1) is 14.0. The summed E-state index contributed by atoms with van der Waals surface area (Å²) in [4.78, 5) is 22.7. The first-order valence-corrected chi connectivity index (χ1v) is 6.51. The van der Waals surface area contributed by atoms with Crippen molar-refractivity contribution in [2.45, 2.75) is 19.9 Å². The van der Waals surface area contributed by atoms with E-state index in [4.69, 9.17) is 0 Å². The van der Waals surface area contributed by atoms with Crippen molar-refractivity contribution in [3.05, 3.63) is 71.3 Å². The van der Waals surface area contributed by atoms with Gasteiger partial charge in [-0.2, -0.15) is 0 Å². The molecule has 2 rings (SSSR count). The molecule has 1 N–H and O–H groups in total. The van der Waals surface area contributed by atoms with Gasteiger partial charge in [-0.3, -0.25) is 9.59 Å². The topological polar surface area (TPSA) is 46.2 Å². The SMILES string of the molecule is CC(=O)NC(c1ccccc1)c1ccc(C(C)=O)cc1. The number of hydrogen-bond acceptors (Lipinski definition) is 2. The molecule has 0 aromatic heterocycles. The van der Waals surface area contributed by atoms with E-state index in [1.165, 1.54) is 13.8 Å². The van der Waals surface area contributed by atoms with Crippen LogP contribution in [-0.2, 0) is 4.79 Å². The average Bonchev–Trinajstić information content (AvgIpc) is 2.45. The Morgan fingerprint density at radius 1 is 0.850 bits per heavy atom. The van der Waals surface area contributed by atoms with E-state index < -0.39 is 0 Å². The maximum atomic E-state index is 11.4. The number of Topliss-reactive ketones (excluding diaryl/α,β-unsaturated/α-hetero) is 1. The van der Waals surface area contributed by atoms with Gasteiger partial charge in [0, 0.05) is 12.5 Å². The number of ketones is 1. The Morgan fingerprint density at radius 3 is 1.90 bits per heavy atom. The normalized spacial score (nSPS) is 11.7. The highest BCUT2D eigenvalue weighted by molar-refractivity contribution is 5.94. The molecular weight excluding hydrogens is 250 g/mol. The molecule has 0 saturated carbocycles. The quantitative estimate of drug-likeness (QED) is 0.865. The highest BCUT2D eigenvalue weighted by Crippen LogP contribution is 2.22. The van der Waals surface area contributed by atoms with Crippen molar-refractivity contribution >= 4 is 11.7 Å². The van der Waals surface area contributed by atoms with Crippen molar-refractivity contribution < 1.29 is 9.59 Å². The lowest BCUT2D eigenvalue weighted by molar-refractivity contribution is -0.119. The molecule has 102 valence electrons. The van der Waals surface area contributed by atoms with E-state index in [1.54, 1.807) is 12.1 Å². The van der Waals surface area contributed by atoms with Crippen LogP contribution in [0.4, 0.5) is 0 Å². The summed E-state index contributed by atoms with van der Waals surface area (Å²) in [5.74, 6) is -0.0539. The second kappa shape index (κ2) is 6.15. The van der Waals surface area contributed by atoms with E-state index in [2.05, 4.69) is 5.32 Å². The highest BCUT2D eigenvalue weighted by atomic mass is 16.1. The number of nitrogens with one attached hydrogen (secondary N) is 1. The van der Waals surface area contributed by atoms with E-state index in [0.29, 0.717) is 5.56 Å². The lowest BCUT2D eigenvalue weighted by Gasteiger charge is -2.19. The Bertz CT molecular complexity index is 603. The second-order valence-electron chi connectivity index (χ2n) is 4.72.